The van der Waals surface area contributed by atoms with Gasteiger partial charge < -0.3 is 19.9 Å². The summed E-state index contributed by atoms with van der Waals surface area (Å²) in [4.78, 5) is 16.5. The molecule has 0 fully saturated rings. The number of carbonyl (C=O) groups excluding carboxylic acids is 1. The van der Waals surface area contributed by atoms with Crippen LogP contribution in [0.5, 0.6) is 0 Å². The van der Waals surface area contributed by atoms with E-state index in [1.807, 2.05) is 45.2 Å². The number of benzene rings is 1. The average molecular weight is 328 g/mol. The standard InChI is InChI=1S/C18H24N4O2/c1-12(2)21-18(23)16-5-4-14(8-13(16)3)19-9-15-10-20-17-11-24-7-6-22(15)17/h4-5,8,10,12,19H,6-7,9,11H2,1-3H3,(H,21,23). The molecule has 1 aromatic heterocycles. The van der Waals surface area contributed by atoms with Gasteiger partial charge >= 0.3 is 0 Å². The number of nitrogens with one attached hydrogen (secondary N) is 2. The molecular weight excluding hydrogens is 304 g/mol. The molecule has 0 spiro atoms. The lowest BCUT2D eigenvalue weighted by atomic mass is 10.1. The number of hydrogen-bond donors (Lipinski definition) is 2. The van der Waals surface area contributed by atoms with Gasteiger partial charge in [0.1, 0.15) is 12.4 Å². The van der Waals surface area contributed by atoms with Gasteiger partial charge in [0.15, 0.2) is 0 Å². The maximum Gasteiger partial charge on any atom is 0.251 e. The van der Waals surface area contributed by atoms with E-state index in [2.05, 4.69) is 20.2 Å². The second-order valence-electron chi connectivity index (χ2n) is 6.38. The summed E-state index contributed by atoms with van der Waals surface area (Å²) in [7, 11) is 0. The van der Waals surface area contributed by atoms with Gasteiger partial charge in [-0.05, 0) is 44.5 Å². The van der Waals surface area contributed by atoms with Crippen molar-refractivity contribution < 1.29 is 9.53 Å². The fourth-order valence-corrected chi connectivity index (χ4v) is 2.86. The number of amides is 1. The number of hydrogen-bond acceptors (Lipinski definition) is 4. The third-order valence-corrected chi connectivity index (χ3v) is 4.08. The number of rotatable bonds is 5. The largest absolute Gasteiger partial charge is 0.379 e. The monoisotopic (exact) mass is 328 g/mol. The lowest BCUT2D eigenvalue weighted by molar-refractivity contribution is 0.0807. The Morgan fingerprint density at radius 2 is 2.25 bits per heavy atom. The molecule has 0 saturated heterocycles. The predicted molar refractivity (Wildman–Crippen MR) is 93.0 cm³/mol. The van der Waals surface area contributed by atoms with Crippen LogP contribution in [0, 0.1) is 6.92 Å². The highest BCUT2D eigenvalue weighted by Gasteiger charge is 2.14. The van der Waals surface area contributed by atoms with Crippen molar-refractivity contribution in [1.29, 1.82) is 0 Å². The molecule has 2 aromatic rings. The van der Waals surface area contributed by atoms with Crippen molar-refractivity contribution >= 4 is 11.6 Å². The fraction of sp³-hybridized carbons (Fsp3) is 0.444. The molecule has 128 valence electrons. The van der Waals surface area contributed by atoms with E-state index in [9.17, 15) is 4.79 Å². The normalized spacial score (nSPS) is 13.7. The van der Waals surface area contributed by atoms with Crippen molar-refractivity contribution in [3.8, 4) is 0 Å². The molecule has 0 saturated carbocycles. The van der Waals surface area contributed by atoms with Crippen LogP contribution in [0.4, 0.5) is 5.69 Å². The Balaban J connectivity index is 1.67. The summed E-state index contributed by atoms with van der Waals surface area (Å²) in [6.45, 7) is 8.73. The summed E-state index contributed by atoms with van der Waals surface area (Å²) >= 11 is 0. The first kappa shape index (κ1) is 16.5. The van der Waals surface area contributed by atoms with Gasteiger partial charge in [-0.3, -0.25) is 4.79 Å². The third-order valence-electron chi connectivity index (χ3n) is 4.08. The van der Waals surface area contributed by atoms with Crippen molar-refractivity contribution in [2.75, 3.05) is 11.9 Å². The molecule has 0 aliphatic carbocycles. The topological polar surface area (TPSA) is 68.2 Å². The molecule has 2 N–H and O–H groups in total. The van der Waals surface area contributed by atoms with E-state index >= 15 is 0 Å². The van der Waals surface area contributed by atoms with E-state index in [0.29, 0.717) is 18.7 Å². The lowest BCUT2D eigenvalue weighted by Crippen LogP contribution is -2.30. The molecule has 1 aromatic carbocycles. The number of aromatic nitrogens is 2. The van der Waals surface area contributed by atoms with Crippen LogP contribution in [-0.2, 0) is 24.4 Å². The van der Waals surface area contributed by atoms with Gasteiger partial charge in [0.05, 0.1) is 25.0 Å². The van der Waals surface area contributed by atoms with Crippen LogP contribution in [-0.4, -0.2) is 28.1 Å². The zero-order valence-electron chi connectivity index (χ0n) is 14.4. The van der Waals surface area contributed by atoms with E-state index in [1.165, 1.54) is 0 Å². The molecule has 3 rings (SSSR count). The summed E-state index contributed by atoms with van der Waals surface area (Å²) in [5.41, 5.74) is 3.82. The Hall–Kier alpha value is -2.34. The highest BCUT2D eigenvalue weighted by molar-refractivity contribution is 5.96. The summed E-state index contributed by atoms with van der Waals surface area (Å²) in [6, 6.07) is 5.95. The molecule has 1 amide bonds. The van der Waals surface area contributed by atoms with E-state index in [1.54, 1.807) is 0 Å². The Kier molecular flexibility index (Phi) is 4.85. The number of imidazole rings is 1. The Bertz CT molecular complexity index is 737. The summed E-state index contributed by atoms with van der Waals surface area (Å²) in [5.74, 6) is 0.953. The highest BCUT2D eigenvalue weighted by atomic mass is 16.5. The lowest BCUT2D eigenvalue weighted by Gasteiger charge is -2.17. The van der Waals surface area contributed by atoms with Crippen LogP contribution >= 0.6 is 0 Å². The molecule has 6 nitrogen and oxygen atoms in total. The first-order valence-corrected chi connectivity index (χ1v) is 8.31. The minimum Gasteiger partial charge on any atom is -0.379 e. The average Bonchev–Trinajstić information content (AvgIpc) is 2.95. The van der Waals surface area contributed by atoms with Gasteiger partial charge in [-0.2, -0.15) is 0 Å². The van der Waals surface area contributed by atoms with E-state index in [4.69, 9.17) is 4.74 Å². The molecule has 1 aliphatic rings. The van der Waals surface area contributed by atoms with Crippen molar-refractivity contribution in [2.45, 2.75) is 46.5 Å². The van der Waals surface area contributed by atoms with Gasteiger partial charge in [-0.1, -0.05) is 0 Å². The Labute approximate surface area is 142 Å². The third kappa shape index (κ3) is 3.59. The summed E-state index contributed by atoms with van der Waals surface area (Å²) in [5, 5.41) is 6.34. The van der Waals surface area contributed by atoms with Gasteiger partial charge in [0.25, 0.3) is 5.91 Å². The number of aryl methyl sites for hydroxylation is 1. The van der Waals surface area contributed by atoms with Crippen molar-refractivity contribution in [3.63, 3.8) is 0 Å². The van der Waals surface area contributed by atoms with Crippen LogP contribution in [0.15, 0.2) is 24.4 Å². The van der Waals surface area contributed by atoms with Crippen molar-refractivity contribution in [3.05, 3.63) is 47.0 Å². The molecule has 6 heteroatoms. The Morgan fingerprint density at radius 3 is 3.00 bits per heavy atom. The zero-order chi connectivity index (χ0) is 17.1. The van der Waals surface area contributed by atoms with Crippen molar-refractivity contribution in [1.82, 2.24) is 14.9 Å². The fourth-order valence-electron chi connectivity index (χ4n) is 2.86. The highest BCUT2D eigenvalue weighted by Crippen LogP contribution is 2.18. The van der Waals surface area contributed by atoms with Gasteiger partial charge in [0.2, 0.25) is 0 Å². The number of ether oxygens (including phenoxy) is 1. The van der Waals surface area contributed by atoms with Gasteiger partial charge in [-0.25, -0.2) is 4.98 Å². The molecule has 0 bridgehead atoms. The number of carbonyl (C=O) groups is 1. The molecule has 24 heavy (non-hydrogen) atoms. The molecule has 0 atom stereocenters. The van der Waals surface area contributed by atoms with E-state index in [0.717, 1.165) is 35.9 Å². The Morgan fingerprint density at radius 1 is 1.42 bits per heavy atom. The molecule has 0 radical (unpaired) electrons. The summed E-state index contributed by atoms with van der Waals surface area (Å²) in [6.07, 6.45) is 1.90. The number of nitrogens with zero attached hydrogens (tertiary/aromatic N) is 2. The van der Waals surface area contributed by atoms with E-state index in [-0.39, 0.29) is 11.9 Å². The first-order valence-electron chi connectivity index (χ1n) is 8.31. The minimum atomic E-state index is -0.0288. The maximum absolute atomic E-state index is 12.1. The SMILES string of the molecule is Cc1cc(NCc2cnc3n2CCOC3)ccc1C(=O)NC(C)C. The summed E-state index contributed by atoms with van der Waals surface area (Å²) < 4.78 is 7.61. The number of fused-ring (bicyclic) bond motifs is 1. The predicted octanol–water partition coefficient (Wildman–Crippen LogP) is 2.47. The second-order valence-corrected chi connectivity index (χ2v) is 6.38. The van der Waals surface area contributed by atoms with Crippen LogP contribution in [0.1, 0.15) is 41.3 Å². The first-order chi connectivity index (χ1) is 11.5. The quantitative estimate of drug-likeness (QED) is 0.885. The van der Waals surface area contributed by atoms with Gasteiger partial charge in [0, 0.05) is 23.8 Å². The van der Waals surface area contributed by atoms with Crippen LogP contribution in [0.25, 0.3) is 0 Å². The molecule has 0 unspecified atom stereocenters. The number of anilines is 1. The van der Waals surface area contributed by atoms with Crippen LogP contribution < -0.4 is 10.6 Å². The van der Waals surface area contributed by atoms with Crippen LogP contribution in [0.2, 0.25) is 0 Å². The minimum absolute atomic E-state index is 0.0288. The molecule has 2 heterocycles. The molecular formula is C18H24N4O2. The maximum atomic E-state index is 12.1. The van der Waals surface area contributed by atoms with E-state index < -0.39 is 0 Å². The zero-order valence-corrected chi connectivity index (χ0v) is 14.4. The van der Waals surface area contributed by atoms with Crippen LogP contribution in [0.3, 0.4) is 0 Å². The second kappa shape index (κ2) is 7.05. The smallest absolute Gasteiger partial charge is 0.251 e. The molecule has 1 aliphatic heterocycles. The van der Waals surface area contributed by atoms with Crippen molar-refractivity contribution in [2.24, 2.45) is 0 Å². The van der Waals surface area contributed by atoms with Gasteiger partial charge in [-0.15, -0.1) is 0 Å².